The van der Waals surface area contributed by atoms with Gasteiger partial charge in [-0.1, -0.05) is 12.1 Å². The first kappa shape index (κ1) is 16.3. The molecule has 2 heterocycles. The van der Waals surface area contributed by atoms with Crippen molar-refractivity contribution in [2.75, 3.05) is 13.1 Å². The Hall–Kier alpha value is -1.08. The lowest BCUT2D eigenvalue weighted by molar-refractivity contribution is 0.193. The predicted molar refractivity (Wildman–Crippen MR) is 86.4 cm³/mol. The second-order valence-electron chi connectivity index (χ2n) is 5.45. The molecule has 0 saturated carbocycles. The molecule has 118 valence electrons. The van der Waals surface area contributed by atoms with Gasteiger partial charge in [0.1, 0.15) is 5.84 Å². The molecule has 2 rings (SSSR count). The van der Waals surface area contributed by atoms with E-state index in [-0.39, 0.29) is 5.92 Å². The summed E-state index contributed by atoms with van der Waals surface area (Å²) in [5, 5.41) is 16.5. The van der Waals surface area contributed by atoms with Gasteiger partial charge >= 0.3 is 0 Å². The summed E-state index contributed by atoms with van der Waals surface area (Å²) < 4.78 is 3.23. The van der Waals surface area contributed by atoms with Gasteiger partial charge < -0.3 is 10.9 Å². The first-order chi connectivity index (χ1) is 10.1. The van der Waals surface area contributed by atoms with E-state index in [1.807, 2.05) is 0 Å². The fraction of sp³-hybridized carbons (Fsp3) is 0.714. The molecule has 0 atom stereocenters. The summed E-state index contributed by atoms with van der Waals surface area (Å²) in [6, 6.07) is 0. The second kappa shape index (κ2) is 7.26. The van der Waals surface area contributed by atoms with Gasteiger partial charge in [0, 0.05) is 19.0 Å². The van der Waals surface area contributed by atoms with Crippen molar-refractivity contribution in [2.24, 2.45) is 16.8 Å². The van der Waals surface area contributed by atoms with Crippen molar-refractivity contribution in [3.63, 3.8) is 0 Å². The van der Waals surface area contributed by atoms with Crippen LogP contribution in [-0.2, 0) is 19.5 Å². The lowest BCUT2D eigenvalue weighted by Crippen LogP contribution is -2.38. The van der Waals surface area contributed by atoms with Crippen molar-refractivity contribution >= 4 is 21.8 Å². The summed E-state index contributed by atoms with van der Waals surface area (Å²) in [5.41, 5.74) is 8.07. The van der Waals surface area contributed by atoms with E-state index in [0.29, 0.717) is 5.84 Å². The molecular weight excluding hydrogens is 334 g/mol. The molecular formula is C14H24BrN5O. The smallest absolute Gasteiger partial charge is 0.142 e. The fourth-order valence-electron chi connectivity index (χ4n) is 2.85. The van der Waals surface area contributed by atoms with Gasteiger partial charge in [0.15, 0.2) is 0 Å². The Balaban J connectivity index is 2.02. The van der Waals surface area contributed by atoms with Gasteiger partial charge in [-0.15, -0.1) is 0 Å². The molecule has 0 spiro atoms. The summed E-state index contributed by atoms with van der Waals surface area (Å²) in [4.78, 5) is 2.41. The van der Waals surface area contributed by atoms with Crippen molar-refractivity contribution in [1.29, 1.82) is 0 Å². The fourth-order valence-corrected chi connectivity index (χ4v) is 3.54. The molecule has 1 saturated heterocycles. The van der Waals surface area contributed by atoms with Crippen LogP contribution in [0.1, 0.15) is 38.1 Å². The van der Waals surface area contributed by atoms with Crippen LogP contribution >= 0.6 is 15.9 Å². The third kappa shape index (κ3) is 3.58. The van der Waals surface area contributed by atoms with Crippen molar-refractivity contribution < 1.29 is 5.21 Å². The van der Waals surface area contributed by atoms with Gasteiger partial charge in [-0.25, -0.2) is 0 Å². The average Bonchev–Trinajstić information content (AvgIpc) is 2.83. The number of hydrogen-bond donors (Lipinski definition) is 2. The number of aromatic nitrogens is 2. The van der Waals surface area contributed by atoms with Crippen LogP contribution in [0.4, 0.5) is 0 Å². The van der Waals surface area contributed by atoms with Crippen LogP contribution in [0.2, 0.25) is 0 Å². The largest absolute Gasteiger partial charge is 0.409 e. The SMILES string of the molecule is CCc1nn(CC)c(CN2CCC(C(N)=NO)CC2)c1Br. The highest BCUT2D eigenvalue weighted by atomic mass is 79.9. The van der Waals surface area contributed by atoms with Gasteiger partial charge in [-0.3, -0.25) is 9.58 Å². The van der Waals surface area contributed by atoms with E-state index in [2.05, 4.69) is 49.6 Å². The van der Waals surface area contributed by atoms with E-state index in [4.69, 9.17) is 10.9 Å². The number of rotatable bonds is 5. The molecule has 1 aromatic heterocycles. The number of halogens is 1. The molecule has 7 heteroatoms. The van der Waals surface area contributed by atoms with Gasteiger partial charge in [0.05, 0.1) is 15.9 Å². The number of oxime groups is 1. The number of nitrogens with zero attached hydrogens (tertiary/aromatic N) is 4. The standard InChI is InChI=1S/C14H24BrN5O/c1-3-11-13(15)12(20(4-2)17-11)9-19-7-5-10(6-8-19)14(16)18-21/h10,21H,3-9H2,1-2H3,(H2,16,18). The zero-order chi connectivity index (χ0) is 15.4. The maximum atomic E-state index is 8.75. The Morgan fingerprint density at radius 1 is 1.43 bits per heavy atom. The predicted octanol–water partition coefficient (Wildman–Crippen LogP) is 2.19. The second-order valence-corrected chi connectivity index (χ2v) is 6.24. The molecule has 1 fully saturated rings. The highest BCUT2D eigenvalue weighted by Gasteiger charge is 2.24. The normalized spacial score (nSPS) is 18.3. The maximum absolute atomic E-state index is 8.75. The van der Waals surface area contributed by atoms with Crippen LogP contribution in [0.15, 0.2) is 9.63 Å². The number of amidine groups is 1. The Morgan fingerprint density at radius 3 is 2.62 bits per heavy atom. The van der Waals surface area contributed by atoms with E-state index in [1.54, 1.807) is 0 Å². The highest BCUT2D eigenvalue weighted by molar-refractivity contribution is 9.10. The molecule has 1 aliphatic heterocycles. The quantitative estimate of drug-likeness (QED) is 0.366. The van der Waals surface area contributed by atoms with Crippen LogP contribution in [0.3, 0.4) is 0 Å². The molecule has 1 aromatic rings. The van der Waals surface area contributed by atoms with Gasteiger partial charge in [-0.2, -0.15) is 5.10 Å². The molecule has 0 bridgehead atoms. The topological polar surface area (TPSA) is 79.7 Å². The number of aryl methyl sites for hydroxylation is 2. The average molecular weight is 358 g/mol. The number of likely N-dealkylation sites (tertiary alicyclic amines) is 1. The Bertz CT molecular complexity index is 506. The van der Waals surface area contributed by atoms with Crippen molar-refractivity contribution in [1.82, 2.24) is 14.7 Å². The molecule has 1 aliphatic rings. The lowest BCUT2D eigenvalue weighted by atomic mass is 9.96. The monoisotopic (exact) mass is 357 g/mol. The van der Waals surface area contributed by atoms with Crippen molar-refractivity contribution in [3.05, 3.63) is 15.9 Å². The minimum atomic E-state index is 0.206. The zero-order valence-corrected chi connectivity index (χ0v) is 14.3. The zero-order valence-electron chi connectivity index (χ0n) is 12.7. The van der Waals surface area contributed by atoms with Crippen LogP contribution in [0.25, 0.3) is 0 Å². The van der Waals surface area contributed by atoms with Gasteiger partial charge in [0.25, 0.3) is 0 Å². The summed E-state index contributed by atoms with van der Waals surface area (Å²) in [6.07, 6.45) is 2.81. The molecule has 21 heavy (non-hydrogen) atoms. The minimum Gasteiger partial charge on any atom is -0.409 e. The van der Waals surface area contributed by atoms with Crippen LogP contribution < -0.4 is 5.73 Å². The van der Waals surface area contributed by atoms with Crippen molar-refractivity contribution in [2.45, 2.75) is 46.2 Å². The Morgan fingerprint density at radius 2 is 2.10 bits per heavy atom. The minimum absolute atomic E-state index is 0.206. The van der Waals surface area contributed by atoms with Crippen LogP contribution in [-0.4, -0.2) is 38.8 Å². The van der Waals surface area contributed by atoms with Gasteiger partial charge in [-0.05, 0) is 55.2 Å². The molecule has 0 aliphatic carbocycles. The summed E-state index contributed by atoms with van der Waals surface area (Å²) in [6.45, 7) is 7.94. The molecule has 0 unspecified atom stereocenters. The Kier molecular flexibility index (Phi) is 5.64. The number of hydrogen-bond acceptors (Lipinski definition) is 4. The van der Waals surface area contributed by atoms with E-state index in [9.17, 15) is 0 Å². The summed E-state index contributed by atoms with van der Waals surface area (Å²) >= 11 is 3.69. The molecule has 6 nitrogen and oxygen atoms in total. The first-order valence-electron chi connectivity index (χ1n) is 7.54. The van der Waals surface area contributed by atoms with E-state index in [0.717, 1.165) is 55.6 Å². The van der Waals surface area contributed by atoms with E-state index in [1.165, 1.54) is 5.69 Å². The number of piperidine rings is 1. The third-order valence-corrected chi connectivity index (χ3v) is 5.10. The lowest BCUT2D eigenvalue weighted by Gasteiger charge is -2.31. The van der Waals surface area contributed by atoms with Crippen molar-refractivity contribution in [3.8, 4) is 0 Å². The molecule has 3 N–H and O–H groups in total. The third-order valence-electron chi connectivity index (χ3n) is 4.19. The summed E-state index contributed by atoms with van der Waals surface area (Å²) in [7, 11) is 0. The number of nitrogens with two attached hydrogens (primary N) is 1. The summed E-state index contributed by atoms with van der Waals surface area (Å²) in [5.74, 6) is 0.569. The molecule has 0 amide bonds. The highest BCUT2D eigenvalue weighted by Crippen LogP contribution is 2.26. The maximum Gasteiger partial charge on any atom is 0.142 e. The van der Waals surface area contributed by atoms with Gasteiger partial charge in [0.2, 0.25) is 0 Å². The molecule has 0 aromatic carbocycles. The van der Waals surface area contributed by atoms with Crippen LogP contribution in [0.5, 0.6) is 0 Å². The van der Waals surface area contributed by atoms with Crippen LogP contribution in [0, 0.1) is 5.92 Å². The molecule has 0 radical (unpaired) electrons. The van der Waals surface area contributed by atoms with E-state index < -0.39 is 0 Å². The Labute approximate surface area is 134 Å². The van der Waals surface area contributed by atoms with E-state index >= 15 is 0 Å². The first-order valence-corrected chi connectivity index (χ1v) is 8.33.